The molecule has 2 fully saturated rings. The maximum atomic E-state index is 3.48. The van der Waals surface area contributed by atoms with E-state index in [-0.39, 0.29) is 0 Å². The lowest BCUT2D eigenvalue weighted by Gasteiger charge is -2.03. The summed E-state index contributed by atoms with van der Waals surface area (Å²) in [5.74, 6) is 3.62. The van der Waals surface area contributed by atoms with E-state index in [0.717, 1.165) is 12.0 Å². The predicted octanol–water partition coefficient (Wildman–Crippen LogP) is 1.06. The van der Waals surface area contributed by atoms with Crippen molar-refractivity contribution in [1.82, 2.24) is 5.32 Å². The maximum Gasteiger partial charge on any atom is 0.0420 e. The highest BCUT2D eigenvalue weighted by Gasteiger charge is 2.32. The summed E-state index contributed by atoms with van der Waals surface area (Å²) in [4.78, 5) is 0. The van der Waals surface area contributed by atoms with Gasteiger partial charge in [0.05, 0.1) is 0 Å². The second-order valence-electron chi connectivity index (χ2n) is 2.66. The van der Waals surface area contributed by atoms with Crippen molar-refractivity contribution in [1.29, 1.82) is 0 Å². The molecule has 1 atom stereocenters. The van der Waals surface area contributed by atoms with Crippen LogP contribution in [0.3, 0.4) is 0 Å². The van der Waals surface area contributed by atoms with E-state index >= 15 is 0 Å². The van der Waals surface area contributed by atoms with Gasteiger partial charge >= 0.3 is 0 Å². The molecule has 46 valence electrons. The zero-order valence-corrected chi connectivity index (χ0v) is 5.71. The summed E-state index contributed by atoms with van der Waals surface area (Å²) in [6, 6.07) is 0.889. The highest BCUT2D eigenvalue weighted by Crippen LogP contribution is 2.35. The SMILES string of the molecule is C1N[C@H](C2CC2)CS1. The van der Waals surface area contributed by atoms with Crippen molar-refractivity contribution in [2.24, 2.45) is 5.92 Å². The summed E-state index contributed by atoms with van der Waals surface area (Å²) in [5.41, 5.74) is 0. The lowest BCUT2D eigenvalue weighted by atomic mass is 10.2. The number of nitrogens with one attached hydrogen (secondary N) is 1. The first-order chi connectivity index (χ1) is 3.97. The monoisotopic (exact) mass is 129 g/mol. The Morgan fingerprint density at radius 2 is 2.25 bits per heavy atom. The molecule has 1 saturated carbocycles. The van der Waals surface area contributed by atoms with E-state index in [1.807, 2.05) is 11.8 Å². The van der Waals surface area contributed by atoms with Gasteiger partial charge in [-0.05, 0) is 18.8 Å². The molecule has 0 bridgehead atoms. The molecule has 0 aromatic rings. The molecule has 1 nitrogen and oxygen atoms in total. The van der Waals surface area contributed by atoms with Crippen molar-refractivity contribution >= 4 is 11.8 Å². The molecular formula is C6H11NS. The first kappa shape index (κ1) is 5.12. The Kier molecular flexibility index (Phi) is 1.23. The standard InChI is InChI=1S/C6H11NS/c1-2-5(1)6-3-8-4-7-6/h5-7H,1-4H2/t6-/m0/s1. The maximum absolute atomic E-state index is 3.48. The van der Waals surface area contributed by atoms with Gasteiger partial charge in [-0.3, -0.25) is 0 Å². The molecule has 1 N–H and O–H groups in total. The second-order valence-corrected chi connectivity index (χ2v) is 3.69. The van der Waals surface area contributed by atoms with Crippen molar-refractivity contribution in [2.75, 3.05) is 11.6 Å². The smallest absolute Gasteiger partial charge is 0.0420 e. The first-order valence-corrected chi connectivity index (χ1v) is 4.43. The van der Waals surface area contributed by atoms with Gasteiger partial charge in [-0.1, -0.05) is 0 Å². The number of rotatable bonds is 1. The van der Waals surface area contributed by atoms with E-state index in [1.165, 1.54) is 24.5 Å². The molecule has 0 aromatic heterocycles. The number of thioether (sulfide) groups is 1. The average molecular weight is 129 g/mol. The van der Waals surface area contributed by atoms with Crippen LogP contribution in [0.1, 0.15) is 12.8 Å². The van der Waals surface area contributed by atoms with Gasteiger partial charge in [-0.2, -0.15) is 0 Å². The largest absolute Gasteiger partial charge is 0.304 e. The van der Waals surface area contributed by atoms with Crippen molar-refractivity contribution in [3.05, 3.63) is 0 Å². The molecule has 2 rings (SSSR count). The molecule has 0 spiro atoms. The molecule has 2 heteroatoms. The molecule has 0 amide bonds. The molecule has 2 aliphatic rings. The van der Waals surface area contributed by atoms with Crippen LogP contribution >= 0.6 is 11.8 Å². The number of hydrogen-bond acceptors (Lipinski definition) is 2. The van der Waals surface area contributed by atoms with Gasteiger partial charge in [0.1, 0.15) is 0 Å². The van der Waals surface area contributed by atoms with Gasteiger partial charge in [-0.15, -0.1) is 11.8 Å². The van der Waals surface area contributed by atoms with E-state index in [9.17, 15) is 0 Å². The molecule has 0 aromatic carbocycles. The van der Waals surface area contributed by atoms with Crippen LogP contribution in [0.15, 0.2) is 0 Å². The van der Waals surface area contributed by atoms with Crippen LogP contribution in [-0.2, 0) is 0 Å². The molecule has 8 heavy (non-hydrogen) atoms. The molecule has 1 aliphatic carbocycles. The quantitative estimate of drug-likeness (QED) is 0.568. The molecule has 1 saturated heterocycles. The third-order valence-electron chi connectivity index (χ3n) is 1.94. The minimum atomic E-state index is 0.889. The van der Waals surface area contributed by atoms with Crippen molar-refractivity contribution in [3.63, 3.8) is 0 Å². The fraction of sp³-hybridized carbons (Fsp3) is 1.00. The van der Waals surface area contributed by atoms with Crippen molar-refractivity contribution < 1.29 is 0 Å². The summed E-state index contributed by atoms with van der Waals surface area (Å²) < 4.78 is 0. The Hall–Kier alpha value is 0.310. The van der Waals surface area contributed by atoms with E-state index < -0.39 is 0 Å². The van der Waals surface area contributed by atoms with Gasteiger partial charge in [0, 0.05) is 17.7 Å². The van der Waals surface area contributed by atoms with Crippen molar-refractivity contribution in [2.45, 2.75) is 18.9 Å². The first-order valence-electron chi connectivity index (χ1n) is 3.28. The van der Waals surface area contributed by atoms with Crippen LogP contribution in [0.25, 0.3) is 0 Å². The summed E-state index contributed by atoms with van der Waals surface area (Å²) in [6.45, 7) is 0. The minimum Gasteiger partial charge on any atom is -0.304 e. The lowest BCUT2D eigenvalue weighted by molar-refractivity contribution is 0.565. The lowest BCUT2D eigenvalue weighted by Crippen LogP contribution is -2.25. The Morgan fingerprint density at radius 3 is 2.75 bits per heavy atom. The second kappa shape index (κ2) is 1.92. The molecule has 1 aliphatic heterocycles. The third kappa shape index (κ3) is 0.869. The zero-order valence-electron chi connectivity index (χ0n) is 4.89. The summed E-state index contributed by atoms with van der Waals surface area (Å²) in [7, 11) is 0. The van der Waals surface area contributed by atoms with E-state index in [4.69, 9.17) is 0 Å². The Morgan fingerprint density at radius 1 is 1.38 bits per heavy atom. The summed E-state index contributed by atoms with van der Waals surface area (Å²) in [6.07, 6.45) is 2.97. The van der Waals surface area contributed by atoms with Gasteiger partial charge in [-0.25, -0.2) is 0 Å². The molecule has 0 radical (unpaired) electrons. The van der Waals surface area contributed by atoms with E-state index in [1.54, 1.807) is 0 Å². The van der Waals surface area contributed by atoms with Crippen LogP contribution in [-0.4, -0.2) is 17.7 Å². The van der Waals surface area contributed by atoms with Crippen LogP contribution in [0.5, 0.6) is 0 Å². The van der Waals surface area contributed by atoms with E-state index in [2.05, 4.69) is 5.32 Å². The Balaban J connectivity index is 1.86. The van der Waals surface area contributed by atoms with E-state index in [0.29, 0.717) is 0 Å². The molecular weight excluding hydrogens is 118 g/mol. The van der Waals surface area contributed by atoms with Gasteiger partial charge in [0.15, 0.2) is 0 Å². The fourth-order valence-corrected chi connectivity index (χ4v) is 2.31. The summed E-state index contributed by atoms with van der Waals surface area (Å²) >= 11 is 2.04. The fourth-order valence-electron chi connectivity index (χ4n) is 1.21. The van der Waals surface area contributed by atoms with Crippen LogP contribution in [0, 0.1) is 5.92 Å². The molecule has 1 heterocycles. The van der Waals surface area contributed by atoms with Gasteiger partial charge in [0.2, 0.25) is 0 Å². The predicted molar refractivity (Wildman–Crippen MR) is 37.0 cm³/mol. The zero-order chi connectivity index (χ0) is 5.40. The minimum absolute atomic E-state index is 0.889. The van der Waals surface area contributed by atoms with Crippen molar-refractivity contribution in [3.8, 4) is 0 Å². The molecule has 0 unspecified atom stereocenters. The van der Waals surface area contributed by atoms with Crippen LogP contribution in [0.2, 0.25) is 0 Å². The van der Waals surface area contributed by atoms with Gasteiger partial charge < -0.3 is 5.32 Å². The average Bonchev–Trinajstić information content (AvgIpc) is 2.49. The third-order valence-corrected chi connectivity index (χ3v) is 2.90. The highest BCUT2D eigenvalue weighted by atomic mass is 32.2. The number of hydrogen-bond donors (Lipinski definition) is 1. The highest BCUT2D eigenvalue weighted by molar-refractivity contribution is 7.99. The summed E-state index contributed by atoms with van der Waals surface area (Å²) in [5, 5.41) is 3.48. The topological polar surface area (TPSA) is 12.0 Å². The van der Waals surface area contributed by atoms with Crippen LogP contribution in [0.4, 0.5) is 0 Å². The Bertz CT molecular complexity index is 84.5. The van der Waals surface area contributed by atoms with Crippen LogP contribution < -0.4 is 5.32 Å². The Labute approximate surface area is 54.2 Å². The van der Waals surface area contributed by atoms with Gasteiger partial charge in [0.25, 0.3) is 0 Å². The normalized spacial score (nSPS) is 38.2.